The summed E-state index contributed by atoms with van der Waals surface area (Å²) in [6, 6.07) is 4.25. The molecule has 4 heteroatoms. The third-order valence-corrected chi connectivity index (χ3v) is 2.79. The molecule has 1 saturated heterocycles. The average Bonchev–Trinajstić information content (AvgIpc) is 2.80. The molecule has 0 aromatic heterocycles. The van der Waals surface area contributed by atoms with Gasteiger partial charge in [-0.3, -0.25) is 4.79 Å². The summed E-state index contributed by atoms with van der Waals surface area (Å²) < 4.78 is 24.3. The number of Topliss-reactive ketones (excluding diaryl/α,β-unsaturated/α-hetero) is 1. The van der Waals surface area contributed by atoms with Crippen LogP contribution in [0.5, 0.6) is 5.75 Å². The minimum absolute atomic E-state index is 0.0573. The Hall–Kier alpha value is -1.42. The van der Waals surface area contributed by atoms with Gasteiger partial charge in [0.05, 0.1) is 6.10 Å². The maximum absolute atomic E-state index is 13.6. The second-order valence-corrected chi connectivity index (χ2v) is 4.15. The SMILES string of the molecule is CC(=O)c1ccc(OCC2CCCO2)c(F)c1. The Bertz CT molecular complexity index is 411. The van der Waals surface area contributed by atoms with Gasteiger partial charge in [-0.05, 0) is 38.0 Å². The van der Waals surface area contributed by atoms with Gasteiger partial charge in [-0.25, -0.2) is 4.39 Å². The smallest absolute Gasteiger partial charge is 0.165 e. The molecule has 1 aliphatic heterocycles. The molecule has 1 aromatic carbocycles. The van der Waals surface area contributed by atoms with Crippen LogP contribution >= 0.6 is 0 Å². The van der Waals surface area contributed by atoms with Crippen molar-refractivity contribution in [1.82, 2.24) is 0 Å². The standard InChI is InChI=1S/C13H15FO3/c1-9(15)10-4-5-13(12(14)7-10)17-8-11-3-2-6-16-11/h4-5,7,11H,2-3,6,8H2,1H3. The van der Waals surface area contributed by atoms with Crippen molar-refractivity contribution < 1.29 is 18.7 Å². The van der Waals surface area contributed by atoms with Crippen LogP contribution in [0.15, 0.2) is 18.2 Å². The van der Waals surface area contributed by atoms with Crippen LogP contribution < -0.4 is 4.74 Å². The van der Waals surface area contributed by atoms with E-state index in [1.54, 1.807) is 6.07 Å². The molecule has 0 amide bonds. The third kappa shape index (κ3) is 3.03. The summed E-state index contributed by atoms with van der Waals surface area (Å²) in [7, 11) is 0. The van der Waals surface area contributed by atoms with Gasteiger partial charge in [0, 0.05) is 12.2 Å². The van der Waals surface area contributed by atoms with E-state index in [-0.39, 0.29) is 17.6 Å². The van der Waals surface area contributed by atoms with Crippen LogP contribution in [0.4, 0.5) is 4.39 Å². The highest BCUT2D eigenvalue weighted by Crippen LogP contribution is 2.20. The quantitative estimate of drug-likeness (QED) is 0.756. The van der Waals surface area contributed by atoms with Crippen molar-refractivity contribution in [2.75, 3.05) is 13.2 Å². The molecule has 0 bridgehead atoms. The summed E-state index contributed by atoms with van der Waals surface area (Å²) in [5.74, 6) is -0.490. The number of hydrogen-bond donors (Lipinski definition) is 0. The molecule has 0 spiro atoms. The summed E-state index contributed by atoms with van der Waals surface area (Å²) in [6.07, 6.45) is 2.04. The number of rotatable bonds is 4. The van der Waals surface area contributed by atoms with Crippen LogP contribution in [0.2, 0.25) is 0 Å². The molecule has 3 nitrogen and oxygen atoms in total. The largest absolute Gasteiger partial charge is 0.488 e. The van der Waals surface area contributed by atoms with E-state index in [0.29, 0.717) is 12.2 Å². The first-order chi connectivity index (χ1) is 8.16. The van der Waals surface area contributed by atoms with Crippen LogP contribution in [0, 0.1) is 5.82 Å². The second kappa shape index (κ2) is 5.27. The summed E-state index contributed by atoms with van der Waals surface area (Å²) in [5, 5.41) is 0. The van der Waals surface area contributed by atoms with Gasteiger partial charge >= 0.3 is 0 Å². The van der Waals surface area contributed by atoms with E-state index in [4.69, 9.17) is 9.47 Å². The highest BCUT2D eigenvalue weighted by molar-refractivity contribution is 5.94. The van der Waals surface area contributed by atoms with E-state index >= 15 is 0 Å². The van der Waals surface area contributed by atoms with Crippen molar-refractivity contribution in [1.29, 1.82) is 0 Å². The first kappa shape index (κ1) is 12.0. The van der Waals surface area contributed by atoms with Gasteiger partial charge in [0.2, 0.25) is 0 Å². The zero-order chi connectivity index (χ0) is 12.3. The highest BCUT2D eigenvalue weighted by Gasteiger charge is 2.17. The average molecular weight is 238 g/mol. The van der Waals surface area contributed by atoms with Crippen molar-refractivity contribution in [2.24, 2.45) is 0 Å². The molecule has 92 valence electrons. The Morgan fingerprint density at radius 1 is 1.59 bits per heavy atom. The molecular formula is C13H15FO3. The van der Waals surface area contributed by atoms with Crippen molar-refractivity contribution in [3.63, 3.8) is 0 Å². The van der Waals surface area contributed by atoms with E-state index < -0.39 is 5.82 Å². The Morgan fingerprint density at radius 3 is 3.00 bits per heavy atom. The lowest BCUT2D eigenvalue weighted by atomic mass is 10.1. The number of hydrogen-bond acceptors (Lipinski definition) is 3. The summed E-state index contributed by atoms with van der Waals surface area (Å²) in [5.41, 5.74) is 0.354. The zero-order valence-corrected chi connectivity index (χ0v) is 9.74. The minimum atomic E-state index is -0.504. The van der Waals surface area contributed by atoms with Crippen molar-refractivity contribution in [3.8, 4) is 5.75 Å². The Balaban J connectivity index is 1.98. The maximum atomic E-state index is 13.6. The zero-order valence-electron chi connectivity index (χ0n) is 9.74. The fraction of sp³-hybridized carbons (Fsp3) is 0.462. The molecule has 1 unspecified atom stereocenters. The maximum Gasteiger partial charge on any atom is 0.165 e. The van der Waals surface area contributed by atoms with Crippen molar-refractivity contribution in [3.05, 3.63) is 29.6 Å². The predicted molar refractivity (Wildman–Crippen MR) is 60.9 cm³/mol. The molecule has 1 fully saturated rings. The first-order valence-corrected chi connectivity index (χ1v) is 5.71. The van der Waals surface area contributed by atoms with Crippen molar-refractivity contribution >= 4 is 5.78 Å². The normalized spacial score (nSPS) is 19.3. The summed E-state index contributed by atoms with van der Waals surface area (Å²) in [4.78, 5) is 11.0. The molecule has 1 heterocycles. The Labute approximate surface area is 99.5 Å². The van der Waals surface area contributed by atoms with E-state index in [1.165, 1.54) is 19.1 Å². The predicted octanol–water partition coefficient (Wildman–Crippen LogP) is 2.59. The monoisotopic (exact) mass is 238 g/mol. The summed E-state index contributed by atoms with van der Waals surface area (Å²) in [6.45, 7) is 2.51. The number of halogens is 1. The topological polar surface area (TPSA) is 35.5 Å². The molecule has 1 aliphatic rings. The molecular weight excluding hydrogens is 223 g/mol. The van der Waals surface area contributed by atoms with Gasteiger partial charge in [0.25, 0.3) is 0 Å². The van der Waals surface area contributed by atoms with Gasteiger partial charge in [-0.1, -0.05) is 0 Å². The number of benzene rings is 1. The van der Waals surface area contributed by atoms with E-state index in [0.717, 1.165) is 19.4 Å². The molecule has 0 saturated carbocycles. The Morgan fingerprint density at radius 2 is 2.41 bits per heavy atom. The minimum Gasteiger partial charge on any atom is -0.488 e. The Kier molecular flexibility index (Phi) is 3.74. The van der Waals surface area contributed by atoms with E-state index in [1.807, 2.05) is 0 Å². The molecule has 0 N–H and O–H groups in total. The third-order valence-electron chi connectivity index (χ3n) is 2.79. The van der Waals surface area contributed by atoms with Crippen LogP contribution in [-0.2, 0) is 4.74 Å². The number of carbonyl (C=O) groups is 1. The van der Waals surface area contributed by atoms with Crippen LogP contribution in [0.1, 0.15) is 30.1 Å². The molecule has 1 aromatic rings. The molecule has 0 aliphatic carbocycles. The van der Waals surface area contributed by atoms with Gasteiger partial charge in [-0.2, -0.15) is 0 Å². The van der Waals surface area contributed by atoms with Gasteiger partial charge in [0.15, 0.2) is 17.3 Å². The number of ketones is 1. The second-order valence-electron chi connectivity index (χ2n) is 4.15. The highest BCUT2D eigenvalue weighted by atomic mass is 19.1. The fourth-order valence-corrected chi connectivity index (χ4v) is 1.80. The van der Waals surface area contributed by atoms with Crippen LogP contribution in [0.25, 0.3) is 0 Å². The van der Waals surface area contributed by atoms with E-state index in [2.05, 4.69) is 0 Å². The lowest BCUT2D eigenvalue weighted by Crippen LogP contribution is -2.16. The van der Waals surface area contributed by atoms with E-state index in [9.17, 15) is 9.18 Å². The fourth-order valence-electron chi connectivity index (χ4n) is 1.80. The molecule has 0 radical (unpaired) electrons. The summed E-state index contributed by atoms with van der Waals surface area (Å²) >= 11 is 0. The number of ether oxygens (including phenoxy) is 2. The molecule has 2 rings (SSSR count). The molecule has 1 atom stereocenters. The first-order valence-electron chi connectivity index (χ1n) is 5.71. The van der Waals surface area contributed by atoms with Gasteiger partial charge in [-0.15, -0.1) is 0 Å². The van der Waals surface area contributed by atoms with Gasteiger partial charge < -0.3 is 9.47 Å². The lowest BCUT2D eigenvalue weighted by Gasteiger charge is -2.12. The molecule has 17 heavy (non-hydrogen) atoms. The number of carbonyl (C=O) groups excluding carboxylic acids is 1. The lowest BCUT2D eigenvalue weighted by molar-refractivity contribution is 0.0665. The van der Waals surface area contributed by atoms with Crippen molar-refractivity contribution in [2.45, 2.75) is 25.9 Å². The van der Waals surface area contributed by atoms with Gasteiger partial charge in [0.1, 0.15) is 6.61 Å². The van der Waals surface area contributed by atoms with Crippen LogP contribution in [0.3, 0.4) is 0 Å². The van der Waals surface area contributed by atoms with Crippen LogP contribution in [-0.4, -0.2) is 25.1 Å².